The Hall–Kier alpha value is -4.14. The number of aryl methyl sites for hydroxylation is 1. The van der Waals surface area contributed by atoms with Gasteiger partial charge >= 0.3 is 0 Å². The Kier molecular flexibility index (Phi) is 5.65. The summed E-state index contributed by atoms with van der Waals surface area (Å²) in [6, 6.07) is 14.2. The van der Waals surface area contributed by atoms with Crippen LogP contribution in [0.5, 0.6) is 11.6 Å². The minimum absolute atomic E-state index is 0.185. The van der Waals surface area contributed by atoms with Crippen LogP contribution >= 0.6 is 0 Å². The molecule has 0 fully saturated rings. The second kappa shape index (κ2) is 8.70. The highest BCUT2D eigenvalue weighted by Crippen LogP contribution is 2.25. The van der Waals surface area contributed by atoms with E-state index in [0.29, 0.717) is 34.5 Å². The lowest BCUT2D eigenvalue weighted by molar-refractivity contribution is 0.102. The molecule has 156 valence electrons. The van der Waals surface area contributed by atoms with E-state index < -0.39 is 0 Å². The van der Waals surface area contributed by atoms with E-state index in [2.05, 4.69) is 30.7 Å². The standard InChI is InChI=1S/C22H21N7O2/c1-14(2)29-13-24-28-21(29)17-6-4-7-19(25-17)26-22(30)16-10-9-15(3)18(12-16)31-20-8-5-11-23-27-20/h4-14H,1-3H3,(H,25,26,30). The smallest absolute Gasteiger partial charge is 0.256 e. The molecule has 1 aromatic carbocycles. The molecule has 31 heavy (non-hydrogen) atoms. The van der Waals surface area contributed by atoms with Gasteiger partial charge < -0.3 is 14.6 Å². The van der Waals surface area contributed by atoms with E-state index in [0.717, 1.165) is 5.56 Å². The van der Waals surface area contributed by atoms with Crippen molar-refractivity contribution >= 4 is 11.7 Å². The summed E-state index contributed by atoms with van der Waals surface area (Å²) in [6.45, 7) is 5.97. The van der Waals surface area contributed by atoms with E-state index in [1.807, 2.05) is 43.5 Å². The van der Waals surface area contributed by atoms with Gasteiger partial charge in [0.05, 0.1) is 0 Å². The van der Waals surface area contributed by atoms with E-state index in [-0.39, 0.29) is 11.9 Å². The van der Waals surface area contributed by atoms with Gasteiger partial charge in [0.15, 0.2) is 5.82 Å². The van der Waals surface area contributed by atoms with E-state index in [9.17, 15) is 4.79 Å². The third-order valence-electron chi connectivity index (χ3n) is 4.56. The van der Waals surface area contributed by atoms with Gasteiger partial charge in [-0.1, -0.05) is 12.1 Å². The first-order valence-electron chi connectivity index (χ1n) is 9.76. The van der Waals surface area contributed by atoms with Crippen LogP contribution in [0.15, 0.2) is 61.1 Å². The molecule has 4 rings (SSSR count). The zero-order valence-corrected chi connectivity index (χ0v) is 17.4. The fourth-order valence-electron chi connectivity index (χ4n) is 2.93. The Balaban J connectivity index is 1.55. The van der Waals surface area contributed by atoms with Gasteiger partial charge in [-0.15, -0.1) is 15.3 Å². The molecule has 0 bridgehead atoms. The average Bonchev–Trinajstić information content (AvgIpc) is 3.27. The molecule has 1 amide bonds. The van der Waals surface area contributed by atoms with Crippen LogP contribution in [0.2, 0.25) is 0 Å². The van der Waals surface area contributed by atoms with Crippen LogP contribution in [-0.4, -0.2) is 35.9 Å². The first-order chi connectivity index (χ1) is 15.0. The lowest BCUT2D eigenvalue weighted by Gasteiger charge is -2.11. The number of nitrogens with zero attached hydrogens (tertiary/aromatic N) is 6. The van der Waals surface area contributed by atoms with Gasteiger partial charge in [0.25, 0.3) is 5.91 Å². The Bertz CT molecular complexity index is 1210. The summed E-state index contributed by atoms with van der Waals surface area (Å²) in [4.78, 5) is 17.4. The molecule has 1 N–H and O–H groups in total. The first kappa shape index (κ1) is 20.1. The van der Waals surface area contributed by atoms with Gasteiger partial charge in [-0.25, -0.2) is 4.98 Å². The monoisotopic (exact) mass is 415 g/mol. The fraction of sp³-hybridized carbons (Fsp3) is 0.182. The molecule has 9 heteroatoms. The topological polar surface area (TPSA) is 108 Å². The molecule has 0 saturated carbocycles. The number of pyridine rings is 1. The van der Waals surface area contributed by atoms with Crippen molar-refractivity contribution in [3.05, 3.63) is 72.2 Å². The second-order valence-corrected chi connectivity index (χ2v) is 7.16. The molecule has 0 aliphatic heterocycles. The SMILES string of the molecule is Cc1ccc(C(=O)Nc2cccc(-c3nncn3C(C)C)n2)cc1Oc1cccnn1. The maximum atomic E-state index is 12.8. The van der Waals surface area contributed by atoms with Crippen LogP contribution in [0.25, 0.3) is 11.5 Å². The summed E-state index contributed by atoms with van der Waals surface area (Å²) in [5.74, 6) is 1.63. The van der Waals surface area contributed by atoms with Crippen molar-refractivity contribution in [2.45, 2.75) is 26.8 Å². The quantitative estimate of drug-likeness (QED) is 0.506. The van der Waals surface area contributed by atoms with Crippen molar-refractivity contribution in [2.24, 2.45) is 0 Å². The van der Waals surface area contributed by atoms with E-state index >= 15 is 0 Å². The molecular weight excluding hydrogens is 394 g/mol. The van der Waals surface area contributed by atoms with Crippen LogP contribution in [0.1, 0.15) is 35.8 Å². The summed E-state index contributed by atoms with van der Waals surface area (Å²) < 4.78 is 7.69. The van der Waals surface area contributed by atoms with Crippen LogP contribution in [0.3, 0.4) is 0 Å². The molecule has 3 aromatic heterocycles. The van der Waals surface area contributed by atoms with Crippen LogP contribution < -0.4 is 10.1 Å². The predicted molar refractivity (Wildman–Crippen MR) is 115 cm³/mol. The van der Waals surface area contributed by atoms with Gasteiger partial charge in [0.2, 0.25) is 5.88 Å². The third kappa shape index (κ3) is 4.55. The van der Waals surface area contributed by atoms with Crippen molar-refractivity contribution < 1.29 is 9.53 Å². The number of nitrogens with one attached hydrogen (secondary N) is 1. The molecule has 0 atom stereocenters. The molecule has 0 spiro atoms. The van der Waals surface area contributed by atoms with E-state index in [1.54, 1.807) is 42.9 Å². The Morgan fingerprint density at radius 2 is 1.94 bits per heavy atom. The molecule has 0 saturated heterocycles. The van der Waals surface area contributed by atoms with Crippen molar-refractivity contribution in [2.75, 3.05) is 5.32 Å². The summed E-state index contributed by atoms with van der Waals surface area (Å²) in [5, 5.41) is 18.7. The van der Waals surface area contributed by atoms with Gasteiger partial charge in [0, 0.05) is 23.9 Å². The fourth-order valence-corrected chi connectivity index (χ4v) is 2.93. The van der Waals surface area contributed by atoms with Crippen LogP contribution in [0.4, 0.5) is 5.82 Å². The highest BCUT2D eigenvalue weighted by molar-refractivity contribution is 6.04. The minimum Gasteiger partial charge on any atom is -0.437 e. The Morgan fingerprint density at radius 3 is 2.71 bits per heavy atom. The molecule has 3 heterocycles. The van der Waals surface area contributed by atoms with Gasteiger partial charge in [-0.05, 0) is 56.7 Å². The number of amides is 1. The van der Waals surface area contributed by atoms with Crippen molar-refractivity contribution in [1.29, 1.82) is 0 Å². The first-order valence-corrected chi connectivity index (χ1v) is 9.76. The predicted octanol–water partition coefficient (Wildman–Crippen LogP) is 4.06. The molecule has 0 radical (unpaired) electrons. The maximum absolute atomic E-state index is 12.8. The molecule has 0 unspecified atom stereocenters. The molecule has 4 aromatic rings. The summed E-state index contributed by atoms with van der Waals surface area (Å²) in [5.41, 5.74) is 1.93. The summed E-state index contributed by atoms with van der Waals surface area (Å²) >= 11 is 0. The maximum Gasteiger partial charge on any atom is 0.256 e. The number of carbonyl (C=O) groups is 1. The lowest BCUT2D eigenvalue weighted by atomic mass is 10.1. The molecule has 0 aliphatic carbocycles. The third-order valence-corrected chi connectivity index (χ3v) is 4.56. The Labute approximate surface area is 179 Å². The minimum atomic E-state index is -0.307. The highest BCUT2D eigenvalue weighted by Gasteiger charge is 2.14. The number of hydrogen-bond donors (Lipinski definition) is 1. The zero-order chi connectivity index (χ0) is 21.8. The largest absolute Gasteiger partial charge is 0.437 e. The van der Waals surface area contributed by atoms with Gasteiger partial charge in [-0.2, -0.15) is 5.10 Å². The number of ether oxygens (including phenoxy) is 1. The van der Waals surface area contributed by atoms with Crippen molar-refractivity contribution in [3.63, 3.8) is 0 Å². The average molecular weight is 415 g/mol. The zero-order valence-electron chi connectivity index (χ0n) is 17.4. The van der Waals surface area contributed by atoms with E-state index in [1.165, 1.54) is 0 Å². The van der Waals surface area contributed by atoms with Crippen LogP contribution in [-0.2, 0) is 0 Å². The van der Waals surface area contributed by atoms with Crippen molar-refractivity contribution in [3.8, 4) is 23.1 Å². The van der Waals surface area contributed by atoms with Crippen molar-refractivity contribution in [1.82, 2.24) is 29.9 Å². The van der Waals surface area contributed by atoms with E-state index in [4.69, 9.17) is 4.74 Å². The number of rotatable bonds is 6. The number of anilines is 1. The second-order valence-electron chi connectivity index (χ2n) is 7.16. The number of aromatic nitrogens is 6. The number of benzene rings is 1. The molecule has 0 aliphatic rings. The van der Waals surface area contributed by atoms with Gasteiger partial charge in [0.1, 0.15) is 23.6 Å². The highest BCUT2D eigenvalue weighted by atomic mass is 16.5. The summed E-state index contributed by atoms with van der Waals surface area (Å²) in [7, 11) is 0. The molecule has 9 nitrogen and oxygen atoms in total. The Morgan fingerprint density at radius 1 is 1.06 bits per heavy atom. The lowest BCUT2D eigenvalue weighted by Crippen LogP contribution is -2.13. The molecular formula is C22H21N7O2. The number of hydrogen-bond acceptors (Lipinski definition) is 7. The number of carbonyl (C=O) groups excluding carboxylic acids is 1. The normalized spacial score (nSPS) is 10.8. The van der Waals surface area contributed by atoms with Crippen LogP contribution in [0, 0.1) is 6.92 Å². The summed E-state index contributed by atoms with van der Waals surface area (Å²) in [6.07, 6.45) is 3.23. The van der Waals surface area contributed by atoms with Gasteiger partial charge in [-0.3, -0.25) is 4.79 Å².